The summed E-state index contributed by atoms with van der Waals surface area (Å²) in [5.74, 6) is -0.914. The Labute approximate surface area is 103 Å². The fourth-order valence-corrected chi connectivity index (χ4v) is 1.78. The Balaban J connectivity index is 2.53. The molecule has 0 saturated heterocycles. The van der Waals surface area contributed by atoms with Crippen LogP contribution in [0.4, 0.5) is 13.2 Å². The molecule has 1 nitrogen and oxygen atoms in total. The summed E-state index contributed by atoms with van der Waals surface area (Å²) in [6, 6.07) is 10.4. The van der Waals surface area contributed by atoms with Crippen molar-refractivity contribution in [2.24, 2.45) is 0 Å². The van der Waals surface area contributed by atoms with Crippen molar-refractivity contribution < 1.29 is 18.3 Å². The van der Waals surface area contributed by atoms with Crippen molar-refractivity contribution in [1.82, 2.24) is 0 Å². The molecule has 0 saturated carbocycles. The van der Waals surface area contributed by atoms with Crippen molar-refractivity contribution in [3.8, 4) is 11.1 Å². The van der Waals surface area contributed by atoms with Gasteiger partial charge in [0.2, 0.25) is 0 Å². The molecule has 4 heteroatoms. The fourth-order valence-electron chi connectivity index (χ4n) is 1.78. The topological polar surface area (TPSA) is 20.2 Å². The normalized spacial score (nSPS) is 10.9. The largest absolute Gasteiger partial charge is 0.392 e. The van der Waals surface area contributed by atoms with E-state index in [-0.39, 0.29) is 12.2 Å². The smallest absolute Gasteiger partial charge is 0.266 e. The molecule has 2 rings (SSSR count). The van der Waals surface area contributed by atoms with Gasteiger partial charge in [0.05, 0.1) is 12.2 Å². The van der Waals surface area contributed by atoms with Crippen molar-refractivity contribution in [2.75, 3.05) is 0 Å². The van der Waals surface area contributed by atoms with Gasteiger partial charge in [0.25, 0.3) is 6.43 Å². The van der Waals surface area contributed by atoms with E-state index in [1.807, 2.05) is 0 Å². The molecule has 0 radical (unpaired) electrons. The minimum absolute atomic E-state index is 0.114. The summed E-state index contributed by atoms with van der Waals surface area (Å²) in [5.41, 5.74) is 0.584. The van der Waals surface area contributed by atoms with Crippen molar-refractivity contribution in [3.63, 3.8) is 0 Å². The van der Waals surface area contributed by atoms with Crippen molar-refractivity contribution in [3.05, 3.63) is 59.4 Å². The number of rotatable bonds is 3. The number of halogens is 3. The first kappa shape index (κ1) is 12.6. The van der Waals surface area contributed by atoms with E-state index in [0.29, 0.717) is 11.1 Å². The first-order valence-electron chi connectivity index (χ1n) is 5.40. The molecule has 0 bridgehead atoms. The van der Waals surface area contributed by atoms with Gasteiger partial charge in [-0.2, -0.15) is 0 Å². The second-order valence-corrected chi connectivity index (χ2v) is 3.87. The zero-order valence-corrected chi connectivity index (χ0v) is 9.41. The highest BCUT2D eigenvalue weighted by Gasteiger charge is 2.16. The maximum absolute atomic E-state index is 13.9. The van der Waals surface area contributed by atoms with Gasteiger partial charge in [-0.25, -0.2) is 13.2 Å². The van der Waals surface area contributed by atoms with Gasteiger partial charge in [-0.1, -0.05) is 36.4 Å². The third-order valence-electron chi connectivity index (χ3n) is 2.68. The molecular formula is C14H11F3O. The van der Waals surface area contributed by atoms with E-state index >= 15 is 0 Å². The van der Waals surface area contributed by atoms with Crippen LogP contribution < -0.4 is 0 Å². The highest BCUT2D eigenvalue weighted by Crippen LogP contribution is 2.30. The lowest BCUT2D eigenvalue weighted by Gasteiger charge is -2.08. The van der Waals surface area contributed by atoms with Crippen molar-refractivity contribution in [1.29, 1.82) is 0 Å². The van der Waals surface area contributed by atoms with E-state index in [4.69, 9.17) is 5.11 Å². The number of hydrogen-bond donors (Lipinski definition) is 1. The van der Waals surface area contributed by atoms with Crippen LogP contribution in [0.3, 0.4) is 0 Å². The molecule has 0 fully saturated rings. The fraction of sp³-hybridized carbons (Fsp3) is 0.143. The minimum Gasteiger partial charge on any atom is -0.392 e. The summed E-state index contributed by atoms with van der Waals surface area (Å²) in [6.07, 6.45) is -2.84. The Morgan fingerprint density at radius 2 is 1.78 bits per heavy atom. The van der Waals surface area contributed by atoms with E-state index < -0.39 is 17.8 Å². The molecule has 0 aromatic heterocycles. The summed E-state index contributed by atoms with van der Waals surface area (Å²) in [7, 11) is 0. The zero-order valence-electron chi connectivity index (χ0n) is 9.41. The van der Waals surface area contributed by atoms with Crippen molar-refractivity contribution in [2.45, 2.75) is 13.0 Å². The average molecular weight is 252 g/mol. The lowest BCUT2D eigenvalue weighted by Crippen LogP contribution is -1.94. The van der Waals surface area contributed by atoms with Gasteiger partial charge >= 0.3 is 0 Å². The van der Waals surface area contributed by atoms with Crippen LogP contribution in [0.1, 0.15) is 17.6 Å². The van der Waals surface area contributed by atoms with Gasteiger partial charge < -0.3 is 5.11 Å². The highest BCUT2D eigenvalue weighted by molar-refractivity contribution is 5.65. The molecule has 0 amide bonds. The van der Waals surface area contributed by atoms with Crippen LogP contribution in [-0.2, 0) is 6.61 Å². The zero-order chi connectivity index (χ0) is 13.1. The average Bonchev–Trinajstić information content (AvgIpc) is 2.38. The molecule has 0 unspecified atom stereocenters. The summed E-state index contributed by atoms with van der Waals surface area (Å²) >= 11 is 0. The quantitative estimate of drug-likeness (QED) is 0.877. The van der Waals surface area contributed by atoms with Gasteiger partial charge in [-0.05, 0) is 17.2 Å². The molecular weight excluding hydrogens is 241 g/mol. The first-order valence-corrected chi connectivity index (χ1v) is 5.40. The maximum atomic E-state index is 13.9. The second-order valence-electron chi connectivity index (χ2n) is 3.87. The van der Waals surface area contributed by atoms with Crippen LogP contribution in [0.5, 0.6) is 0 Å². The van der Waals surface area contributed by atoms with E-state index in [9.17, 15) is 13.2 Å². The highest BCUT2D eigenvalue weighted by atomic mass is 19.3. The number of benzene rings is 2. The maximum Gasteiger partial charge on any atom is 0.266 e. The second kappa shape index (κ2) is 5.23. The molecule has 94 valence electrons. The number of alkyl halides is 2. The third-order valence-corrected chi connectivity index (χ3v) is 2.68. The van der Waals surface area contributed by atoms with Crippen LogP contribution in [-0.4, -0.2) is 5.11 Å². The van der Waals surface area contributed by atoms with Crippen LogP contribution in [0.2, 0.25) is 0 Å². The Hall–Kier alpha value is -1.81. The summed E-state index contributed by atoms with van der Waals surface area (Å²) in [4.78, 5) is 0. The molecule has 0 aliphatic carbocycles. The lowest BCUT2D eigenvalue weighted by atomic mass is 10.0. The van der Waals surface area contributed by atoms with E-state index in [1.165, 1.54) is 12.1 Å². The minimum atomic E-state index is -2.84. The number of aliphatic hydroxyl groups excluding tert-OH is 1. The predicted octanol–water partition coefficient (Wildman–Crippen LogP) is 3.92. The monoisotopic (exact) mass is 252 g/mol. The standard InChI is InChI=1S/C14H11F3O/c15-13-11(5-2-6-12(13)14(16)17)10-4-1-3-9(7-10)8-18/h1-7,14,18H,8H2. The predicted molar refractivity (Wildman–Crippen MR) is 62.7 cm³/mol. The first-order chi connectivity index (χ1) is 8.63. The Kier molecular flexibility index (Phi) is 3.67. The SMILES string of the molecule is OCc1cccc(-c2cccc(C(F)F)c2F)c1. The molecule has 0 heterocycles. The molecule has 1 N–H and O–H groups in total. The number of aliphatic hydroxyl groups is 1. The third kappa shape index (κ3) is 2.38. The van der Waals surface area contributed by atoms with Gasteiger partial charge in [-0.15, -0.1) is 0 Å². The molecule has 0 atom stereocenters. The van der Waals surface area contributed by atoms with E-state index in [1.54, 1.807) is 24.3 Å². The number of hydrogen-bond acceptors (Lipinski definition) is 1. The lowest BCUT2D eigenvalue weighted by molar-refractivity contribution is 0.146. The van der Waals surface area contributed by atoms with Gasteiger partial charge in [-0.3, -0.25) is 0 Å². The summed E-state index contributed by atoms with van der Waals surface area (Å²) in [5, 5.41) is 9.01. The Bertz CT molecular complexity index is 552. The van der Waals surface area contributed by atoms with Crippen LogP contribution in [0.15, 0.2) is 42.5 Å². The van der Waals surface area contributed by atoms with Gasteiger partial charge in [0, 0.05) is 5.56 Å². The molecule has 0 spiro atoms. The van der Waals surface area contributed by atoms with Crippen LogP contribution >= 0.6 is 0 Å². The van der Waals surface area contributed by atoms with Crippen LogP contribution in [0.25, 0.3) is 11.1 Å². The summed E-state index contributed by atoms with van der Waals surface area (Å²) < 4.78 is 39.1. The Morgan fingerprint density at radius 1 is 1.06 bits per heavy atom. The van der Waals surface area contributed by atoms with Gasteiger partial charge in [0.15, 0.2) is 0 Å². The van der Waals surface area contributed by atoms with E-state index in [2.05, 4.69) is 0 Å². The molecule has 0 aliphatic heterocycles. The molecule has 2 aromatic carbocycles. The Morgan fingerprint density at radius 3 is 2.44 bits per heavy atom. The molecule has 0 aliphatic rings. The molecule has 2 aromatic rings. The molecule has 18 heavy (non-hydrogen) atoms. The summed E-state index contributed by atoms with van der Waals surface area (Å²) in [6.45, 7) is -0.177. The van der Waals surface area contributed by atoms with E-state index in [0.717, 1.165) is 6.07 Å². The van der Waals surface area contributed by atoms with Gasteiger partial charge in [0.1, 0.15) is 5.82 Å². The van der Waals surface area contributed by atoms with Crippen molar-refractivity contribution >= 4 is 0 Å². The van der Waals surface area contributed by atoms with Crippen LogP contribution in [0, 0.1) is 5.82 Å².